The fraction of sp³-hybridized carbons (Fsp3) is 0.333. The van der Waals surface area contributed by atoms with Crippen molar-refractivity contribution in [3.05, 3.63) is 47.2 Å². The number of hydrogen-bond acceptors (Lipinski definition) is 5. The third-order valence-corrected chi connectivity index (χ3v) is 3.93. The average molecular weight is 303 g/mol. The first-order chi connectivity index (χ1) is 10.1. The average Bonchev–Trinajstić information content (AvgIpc) is 2.47. The predicted octanol–water partition coefficient (Wildman–Crippen LogP) is 2.78. The Bertz CT molecular complexity index is 632. The van der Waals surface area contributed by atoms with E-state index >= 15 is 0 Å². The Morgan fingerprint density at radius 1 is 1.33 bits per heavy atom. The van der Waals surface area contributed by atoms with E-state index in [4.69, 9.17) is 0 Å². The first-order valence-corrected chi connectivity index (χ1v) is 7.74. The Morgan fingerprint density at radius 2 is 2.14 bits per heavy atom. The zero-order valence-corrected chi connectivity index (χ0v) is 12.9. The lowest BCUT2D eigenvalue weighted by Gasteiger charge is -2.09. The smallest absolute Gasteiger partial charge is 0.340 e. The summed E-state index contributed by atoms with van der Waals surface area (Å²) in [6, 6.07) is 5.78. The third kappa shape index (κ3) is 4.01. The van der Waals surface area contributed by atoms with Crippen LogP contribution in [0.1, 0.15) is 34.5 Å². The highest BCUT2D eigenvalue weighted by Gasteiger charge is 2.17. The van der Waals surface area contributed by atoms with E-state index in [1.54, 1.807) is 13.1 Å². The molecular weight excluding hydrogens is 286 g/mol. The Labute approximate surface area is 127 Å². The van der Waals surface area contributed by atoms with E-state index < -0.39 is 5.97 Å². The van der Waals surface area contributed by atoms with Gasteiger partial charge in [0.05, 0.1) is 5.69 Å². The summed E-state index contributed by atoms with van der Waals surface area (Å²) in [6.07, 6.45) is 3.22. The van der Waals surface area contributed by atoms with Crippen LogP contribution in [0.2, 0.25) is 0 Å². The molecule has 0 aromatic carbocycles. The van der Waals surface area contributed by atoms with Gasteiger partial charge < -0.3 is 5.11 Å². The first-order valence-electron chi connectivity index (χ1n) is 6.75. The number of nitrogens with zero attached hydrogens (tertiary/aromatic N) is 3. The molecule has 0 atom stereocenters. The summed E-state index contributed by atoms with van der Waals surface area (Å²) >= 11 is 1.44. The van der Waals surface area contributed by atoms with E-state index in [0.717, 1.165) is 17.9 Å². The summed E-state index contributed by atoms with van der Waals surface area (Å²) in [4.78, 5) is 24.2. The molecule has 0 bridgehead atoms. The minimum absolute atomic E-state index is 0.207. The highest BCUT2D eigenvalue weighted by Crippen LogP contribution is 2.23. The van der Waals surface area contributed by atoms with Gasteiger partial charge in [-0.05, 0) is 25.5 Å². The van der Waals surface area contributed by atoms with Crippen molar-refractivity contribution in [3.63, 3.8) is 0 Å². The number of rotatable bonds is 6. The first kappa shape index (κ1) is 15.4. The Hall–Kier alpha value is -1.95. The van der Waals surface area contributed by atoms with E-state index in [2.05, 4.69) is 15.0 Å². The van der Waals surface area contributed by atoms with Gasteiger partial charge in [0.15, 0.2) is 0 Å². The SMILES string of the molecule is CCc1nc(C)c(C(=O)O)c(SCCc2ccccn2)n1. The molecule has 0 unspecified atom stereocenters. The number of carboxylic acids is 1. The molecule has 0 aliphatic heterocycles. The van der Waals surface area contributed by atoms with E-state index in [1.807, 2.05) is 25.1 Å². The molecule has 0 spiro atoms. The molecule has 2 aromatic heterocycles. The lowest BCUT2D eigenvalue weighted by atomic mass is 10.2. The second-order valence-electron chi connectivity index (χ2n) is 4.48. The van der Waals surface area contributed by atoms with Crippen molar-refractivity contribution in [1.29, 1.82) is 0 Å². The zero-order valence-electron chi connectivity index (χ0n) is 12.0. The van der Waals surface area contributed by atoms with Crippen LogP contribution in [-0.4, -0.2) is 31.8 Å². The summed E-state index contributed by atoms with van der Waals surface area (Å²) in [7, 11) is 0. The molecule has 0 fully saturated rings. The maximum absolute atomic E-state index is 11.4. The number of pyridine rings is 1. The number of hydrogen-bond donors (Lipinski definition) is 1. The van der Waals surface area contributed by atoms with E-state index in [0.29, 0.717) is 23.0 Å². The lowest BCUT2D eigenvalue weighted by Crippen LogP contribution is -2.09. The van der Waals surface area contributed by atoms with Gasteiger partial charge in [-0.2, -0.15) is 0 Å². The second kappa shape index (κ2) is 7.17. The molecule has 110 valence electrons. The van der Waals surface area contributed by atoms with Gasteiger partial charge in [0, 0.05) is 24.1 Å². The molecule has 0 amide bonds. The summed E-state index contributed by atoms with van der Waals surface area (Å²) < 4.78 is 0. The van der Waals surface area contributed by atoms with Gasteiger partial charge in [-0.15, -0.1) is 11.8 Å². The minimum atomic E-state index is -0.976. The van der Waals surface area contributed by atoms with Crippen molar-refractivity contribution in [2.75, 3.05) is 5.75 Å². The van der Waals surface area contributed by atoms with Crippen LogP contribution >= 0.6 is 11.8 Å². The topological polar surface area (TPSA) is 76.0 Å². The Morgan fingerprint density at radius 3 is 2.76 bits per heavy atom. The van der Waals surface area contributed by atoms with Crippen molar-refractivity contribution in [2.24, 2.45) is 0 Å². The van der Waals surface area contributed by atoms with Gasteiger partial charge in [-0.3, -0.25) is 4.98 Å². The number of thioether (sulfide) groups is 1. The third-order valence-electron chi connectivity index (χ3n) is 2.96. The van der Waals surface area contributed by atoms with Crippen LogP contribution in [0.3, 0.4) is 0 Å². The van der Waals surface area contributed by atoms with Crippen LogP contribution in [0, 0.1) is 6.92 Å². The number of aryl methyl sites for hydroxylation is 3. The Kier molecular flexibility index (Phi) is 5.27. The van der Waals surface area contributed by atoms with Gasteiger partial charge in [-0.1, -0.05) is 13.0 Å². The molecule has 0 saturated carbocycles. The zero-order chi connectivity index (χ0) is 15.2. The van der Waals surface area contributed by atoms with Gasteiger partial charge in [0.2, 0.25) is 0 Å². The minimum Gasteiger partial charge on any atom is -0.478 e. The van der Waals surface area contributed by atoms with Crippen LogP contribution in [0.25, 0.3) is 0 Å². The van der Waals surface area contributed by atoms with Crippen LogP contribution in [-0.2, 0) is 12.8 Å². The molecule has 5 nitrogen and oxygen atoms in total. The Balaban J connectivity index is 2.14. The largest absolute Gasteiger partial charge is 0.478 e. The highest BCUT2D eigenvalue weighted by atomic mass is 32.2. The van der Waals surface area contributed by atoms with Crippen molar-refractivity contribution in [1.82, 2.24) is 15.0 Å². The van der Waals surface area contributed by atoms with Gasteiger partial charge in [-0.25, -0.2) is 14.8 Å². The standard InChI is InChI=1S/C15H17N3O2S/c1-3-12-17-10(2)13(15(19)20)14(18-12)21-9-7-11-6-4-5-8-16-11/h4-6,8H,3,7,9H2,1-2H3,(H,19,20). The summed E-state index contributed by atoms with van der Waals surface area (Å²) in [5.74, 6) is 0.435. The maximum Gasteiger partial charge on any atom is 0.340 e. The molecule has 0 aliphatic rings. The van der Waals surface area contributed by atoms with Crippen LogP contribution in [0.5, 0.6) is 0 Å². The summed E-state index contributed by atoms with van der Waals surface area (Å²) in [5.41, 5.74) is 1.72. The van der Waals surface area contributed by atoms with Crippen LogP contribution in [0.15, 0.2) is 29.4 Å². The van der Waals surface area contributed by atoms with Gasteiger partial charge in [0.1, 0.15) is 16.4 Å². The van der Waals surface area contributed by atoms with E-state index in [1.165, 1.54) is 11.8 Å². The number of carbonyl (C=O) groups is 1. The fourth-order valence-electron chi connectivity index (χ4n) is 1.91. The van der Waals surface area contributed by atoms with E-state index in [-0.39, 0.29) is 5.56 Å². The van der Waals surface area contributed by atoms with Gasteiger partial charge in [0.25, 0.3) is 0 Å². The highest BCUT2D eigenvalue weighted by molar-refractivity contribution is 7.99. The number of aromatic nitrogens is 3. The molecule has 1 N–H and O–H groups in total. The fourth-order valence-corrected chi connectivity index (χ4v) is 2.96. The predicted molar refractivity (Wildman–Crippen MR) is 81.8 cm³/mol. The summed E-state index contributed by atoms with van der Waals surface area (Å²) in [6.45, 7) is 3.67. The molecule has 0 aliphatic carbocycles. The maximum atomic E-state index is 11.4. The van der Waals surface area contributed by atoms with Crippen molar-refractivity contribution >= 4 is 17.7 Å². The van der Waals surface area contributed by atoms with Crippen molar-refractivity contribution in [3.8, 4) is 0 Å². The molecule has 21 heavy (non-hydrogen) atoms. The van der Waals surface area contributed by atoms with Crippen molar-refractivity contribution in [2.45, 2.75) is 31.7 Å². The molecular formula is C15H17N3O2S. The van der Waals surface area contributed by atoms with Crippen LogP contribution < -0.4 is 0 Å². The molecule has 6 heteroatoms. The second-order valence-corrected chi connectivity index (χ2v) is 5.57. The van der Waals surface area contributed by atoms with Gasteiger partial charge >= 0.3 is 5.97 Å². The van der Waals surface area contributed by atoms with Crippen molar-refractivity contribution < 1.29 is 9.90 Å². The summed E-state index contributed by atoms with van der Waals surface area (Å²) in [5, 5.41) is 9.87. The molecule has 2 heterocycles. The molecule has 2 rings (SSSR count). The number of carboxylic acid groups (broad SMARTS) is 1. The molecule has 2 aromatic rings. The normalized spacial score (nSPS) is 10.6. The monoisotopic (exact) mass is 303 g/mol. The lowest BCUT2D eigenvalue weighted by molar-refractivity contribution is 0.0690. The quantitative estimate of drug-likeness (QED) is 0.653. The van der Waals surface area contributed by atoms with Crippen LogP contribution in [0.4, 0.5) is 0 Å². The van der Waals surface area contributed by atoms with E-state index in [9.17, 15) is 9.90 Å². The number of aromatic carboxylic acids is 1. The molecule has 0 radical (unpaired) electrons. The molecule has 0 saturated heterocycles.